The van der Waals surface area contributed by atoms with Gasteiger partial charge < -0.3 is 9.55 Å². The van der Waals surface area contributed by atoms with Gasteiger partial charge in [0.25, 0.3) is 5.56 Å². The highest BCUT2D eigenvalue weighted by Gasteiger charge is 2.11. The maximum atomic E-state index is 11.7. The number of hydrogen-bond donors (Lipinski definition) is 1. The standard InChI is InChI=1S/C8H10N4O2.C4HI4N/c1-10-4-9-6-5(10)7(13)12(3)8(14)11(6)2;5-1-2(6)4(8)9-3(1)7/h4H,1-3H3;9H. The molecule has 0 bridgehead atoms. The number of aromatic amines is 1. The second kappa shape index (κ2) is 7.71. The summed E-state index contributed by atoms with van der Waals surface area (Å²) >= 11 is 9.27. The smallest absolute Gasteiger partial charge is 0.332 e. The number of fused-ring (bicyclic) bond motifs is 1. The highest BCUT2D eigenvalue weighted by Crippen LogP contribution is 2.24. The van der Waals surface area contributed by atoms with Gasteiger partial charge in [0.2, 0.25) is 0 Å². The lowest BCUT2D eigenvalue weighted by atomic mass is 10.5. The van der Waals surface area contributed by atoms with Crippen LogP contribution in [0.2, 0.25) is 0 Å². The summed E-state index contributed by atoms with van der Waals surface area (Å²) in [5.74, 6) is 0. The van der Waals surface area contributed by atoms with Crippen molar-refractivity contribution in [3.8, 4) is 0 Å². The molecule has 3 aromatic heterocycles. The van der Waals surface area contributed by atoms with Gasteiger partial charge >= 0.3 is 5.69 Å². The molecule has 0 aliphatic heterocycles. The molecule has 0 saturated carbocycles. The summed E-state index contributed by atoms with van der Waals surface area (Å²) in [6, 6.07) is 0. The van der Waals surface area contributed by atoms with Crippen molar-refractivity contribution < 1.29 is 0 Å². The minimum Gasteiger partial charge on any atom is -0.344 e. The molecule has 11 heteroatoms. The van der Waals surface area contributed by atoms with E-state index in [4.69, 9.17) is 0 Å². The van der Waals surface area contributed by atoms with Crippen LogP contribution in [0.1, 0.15) is 0 Å². The third kappa shape index (κ3) is 3.80. The molecule has 0 radical (unpaired) electrons. The molecular formula is C12H11I4N5O2. The largest absolute Gasteiger partial charge is 0.344 e. The molecule has 23 heavy (non-hydrogen) atoms. The zero-order chi connectivity index (χ0) is 17.5. The van der Waals surface area contributed by atoms with Crippen molar-refractivity contribution in [1.82, 2.24) is 23.7 Å². The summed E-state index contributed by atoms with van der Waals surface area (Å²) in [5, 5.41) is 0. The van der Waals surface area contributed by atoms with Crippen LogP contribution < -0.4 is 11.2 Å². The third-order valence-corrected chi connectivity index (χ3v) is 9.99. The van der Waals surface area contributed by atoms with E-state index in [-0.39, 0.29) is 11.2 Å². The summed E-state index contributed by atoms with van der Waals surface area (Å²) in [5.41, 5.74) is 0.180. The Labute approximate surface area is 185 Å². The van der Waals surface area contributed by atoms with Crippen LogP contribution in [-0.2, 0) is 21.1 Å². The van der Waals surface area contributed by atoms with Crippen LogP contribution in [0.3, 0.4) is 0 Å². The van der Waals surface area contributed by atoms with Gasteiger partial charge in [-0.25, -0.2) is 9.78 Å². The van der Waals surface area contributed by atoms with Gasteiger partial charge in [0.1, 0.15) is 0 Å². The van der Waals surface area contributed by atoms with Crippen LogP contribution in [0.4, 0.5) is 0 Å². The van der Waals surface area contributed by atoms with Crippen molar-refractivity contribution in [2.75, 3.05) is 0 Å². The van der Waals surface area contributed by atoms with E-state index in [1.54, 1.807) is 18.7 Å². The van der Waals surface area contributed by atoms with E-state index >= 15 is 0 Å². The number of nitrogens with zero attached hydrogens (tertiary/aromatic N) is 4. The Balaban J connectivity index is 0.000000185. The van der Waals surface area contributed by atoms with E-state index in [1.165, 1.54) is 32.5 Å². The van der Waals surface area contributed by atoms with Gasteiger partial charge in [0.05, 0.1) is 20.9 Å². The Bertz CT molecular complexity index is 975. The number of aryl methyl sites for hydroxylation is 2. The van der Waals surface area contributed by atoms with Gasteiger partial charge in [-0.15, -0.1) is 0 Å². The summed E-state index contributed by atoms with van der Waals surface area (Å²) < 4.78 is 9.18. The lowest BCUT2D eigenvalue weighted by Gasteiger charge is -2.02. The molecule has 3 rings (SSSR count). The first-order valence-corrected chi connectivity index (χ1v) is 10.4. The predicted octanol–water partition coefficient (Wildman–Crippen LogP) is 2.40. The summed E-state index contributed by atoms with van der Waals surface area (Å²) in [4.78, 5) is 30.4. The van der Waals surface area contributed by atoms with Crippen molar-refractivity contribution in [2.24, 2.45) is 21.1 Å². The van der Waals surface area contributed by atoms with Gasteiger partial charge in [-0.3, -0.25) is 13.9 Å². The molecule has 1 N–H and O–H groups in total. The molecule has 0 fully saturated rings. The Kier molecular flexibility index (Phi) is 6.59. The molecule has 0 unspecified atom stereocenters. The van der Waals surface area contributed by atoms with Crippen LogP contribution in [0.5, 0.6) is 0 Å². The monoisotopic (exact) mass is 765 g/mol. The number of rotatable bonds is 0. The Morgan fingerprint density at radius 2 is 1.48 bits per heavy atom. The highest BCUT2D eigenvalue weighted by atomic mass is 127. The molecule has 3 heterocycles. The zero-order valence-electron chi connectivity index (χ0n) is 12.2. The lowest BCUT2D eigenvalue weighted by Crippen LogP contribution is -2.37. The van der Waals surface area contributed by atoms with Gasteiger partial charge in [0, 0.05) is 21.1 Å². The maximum Gasteiger partial charge on any atom is 0.332 e. The second-order valence-corrected chi connectivity index (χ2v) is 8.93. The first-order valence-electron chi connectivity index (χ1n) is 6.11. The second-order valence-electron chi connectivity index (χ2n) is 4.61. The van der Waals surface area contributed by atoms with Crippen LogP contribution in [0.25, 0.3) is 11.2 Å². The van der Waals surface area contributed by atoms with Gasteiger partial charge in [0.15, 0.2) is 11.2 Å². The number of hydrogen-bond acceptors (Lipinski definition) is 3. The minimum absolute atomic E-state index is 0.317. The molecule has 124 valence electrons. The molecule has 0 aliphatic carbocycles. The number of halogens is 4. The fourth-order valence-electron chi connectivity index (χ4n) is 1.87. The van der Waals surface area contributed by atoms with E-state index in [9.17, 15) is 9.59 Å². The SMILES string of the molecule is Cn1c(=O)c2c(ncn2C)n(C)c1=O.Ic1[nH]c(I)c(I)c1I. The Morgan fingerprint density at radius 3 is 1.91 bits per heavy atom. The fraction of sp³-hybridized carbons (Fsp3) is 0.250. The molecule has 3 aromatic rings. The predicted molar refractivity (Wildman–Crippen MR) is 123 cm³/mol. The first kappa shape index (κ1) is 19.7. The van der Waals surface area contributed by atoms with Crippen LogP contribution in [-0.4, -0.2) is 23.7 Å². The van der Waals surface area contributed by atoms with Crippen molar-refractivity contribution in [3.05, 3.63) is 41.7 Å². The summed E-state index contributed by atoms with van der Waals surface area (Å²) in [6.45, 7) is 0. The summed E-state index contributed by atoms with van der Waals surface area (Å²) in [6.07, 6.45) is 1.52. The number of H-pyrrole nitrogens is 1. The normalized spacial score (nSPS) is 10.7. The molecule has 0 aromatic carbocycles. The zero-order valence-corrected chi connectivity index (χ0v) is 20.8. The minimum atomic E-state index is -0.360. The average molecular weight is 765 g/mol. The molecule has 7 nitrogen and oxygen atoms in total. The van der Waals surface area contributed by atoms with Crippen LogP contribution in [0.15, 0.2) is 15.9 Å². The number of nitrogens with one attached hydrogen (secondary N) is 1. The average Bonchev–Trinajstić information content (AvgIpc) is 3.00. The Morgan fingerprint density at radius 1 is 0.957 bits per heavy atom. The van der Waals surface area contributed by atoms with E-state index in [2.05, 4.69) is 100 Å². The van der Waals surface area contributed by atoms with Crippen LogP contribution >= 0.6 is 90.4 Å². The highest BCUT2D eigenvalue weighted by molar-refractivity contribution is 14.1. The lowest BCUT2D eigenvalue weighted by molar-refractivity contribution is 0.705. The van der Waals surface area contributed by atoms with E-state index in [0.717, 1.165) is 4.57 Å². The third-order valence-electron chi connectivity index (χ3n) is 3.11. The van der Waals surface area contributed by atoms with E-state index < -0.39 is 0 Å². The summed E-state index contributed by atoms with van der Waals surface area (Å²) in [7, 11) is 4.77. The molecule has 0 aliphatic rings. The molecule has 0 spiro atoms. The fourth-order valence-corrected chi connectivity index (χ4v) is 5.31. The maximum absolute atomic E-state index is 11.7. The first-order chi connectivity index (χ1) is 10.7. The van der Waals surface area contributed by atoms with Crippen molar-refractivity contribution in [3.63, 3.8) is 0 Å². The van der Waals surface area contributed by atoms with Crippen molar-refractivity contribution in [2.45, 2.75) is 0 Å². The topological polar surface area (TPSA) is 77.6 Å². The van der Waals surface area contributed by atoms with Crippen molar-refractivity contribution >= 4 is 102 Å². The van der Waals surface area contributed by atoms with Gasteiger partial charge in [-0.1, -0.05) is 0 Å². The molecular weight excluding hydrogens is 754 g/mol. The van der Waals surface area contributed by atoms with E-state index in [1.807, 2.05) is 0 Å². The molecule has 0 saturated heterocycles. The number of imidazole rings is 1. The van der Waals surface area contributed by atoms with E-state index in [0.29, 0.717) is 11.2 Å². The Hall–Kier alpha value is 0.350. The van der Waals surface area contributed by atoms with Crippen LogP contribution in [0, 0.1) is 14.5 Å². The van der Waals surface area contributed by atoms with Crippen molar-refractivity contribution in [1.29, 1.82) is 0 Å². The molecule has 0 amide bonds. The van der Waals surface area contributed by atoms with Gasteiger partial charge in [-0.2, -0.15) is 0 Å². The van der Waals surface area contributed by atoms with Gasteiger partial charge in [-0.05, 0) is 90.4 Å². The molecule has 0 atom stereocenters. The number of aromatic nitrogens is 5. The quantitative estimate of drug-likeness (QED) is 0.358.